The summed E-state index contributed by atoms with van der Waals surface area (Å²) < 4.78 is 6.11. The number of anilines is 1. The van der Waals surface area contributed by atoms with Crippen LogP contribution in [0.1, 0.15) is 66.9 Å². The fourth-order valence-corrected chi connectivity index (χ4v) is 5.64. The van der Waals surface area contributed by atoms with Gasteiger partial charge < -0.3 is 9.64 Å². The maximum atomic E-state index is 13.5. The van der Waals surface area contributed by atoms with Crippen LogP contribution in [-0.2, 0) is 6.61 Å². The minimum Gasteiger partial charge on any atom is -0.489 e. The molecule has 3 nitrogen and oxygen atoms in total. The van der Waals surface area contributed by atoms with Crippen molar-refractivity contribution >= 4 is 23.2 Å². The summed E-state index contributed by atoms with van der Waals surface area (Å²) in [6.45, 7) is 4.39. The zero-order chi connectivity index (χ0) is 26.5. The number of benzene rings is 4. The van der Waals surface area contributed by atoms with E-state index in [9.17, 15) is 4.79 Å². The molecule has 5 rings (SSSR count). The molecule has 0 radical (unpaired) electrons. The van der Waals surface area contributed by atoms with Crippen LogP contribution in [0.25, 0.3) is 11.1 Å². The fraction of sp³-hybridized carbons (Fsp3) is 0.265. The Bertz CT molecular complexity index is 1390. The summed E-state index contributed by atoms with van der Waals surface area (Å²) in [5.74, 6) is 1.42. The minimum atomic E-state index is -0.0607. The van der Waals surface area contributed by atoms with Gasteiger partial charge in [-0.05, 0) is 97.3 Å². The van der Waals surface area contributed by atoms with Crippen molar-refractivity contribution in [2.24, 2.45) is 0 Å². The van der Waals surface area contributed by atoms with E-state index in [0.29, 0.717) is 23.1 Å². The lowest BCUT2D eigenvalue weighted by Crippen LogP contribution is -2.37. The smallest absolute Gasteiger partial charge is 0.258 e. The number of carbonyl (C=O) groups is 1. The minimum absolute atomic E-state index is 0.0156. The van der Waals surface area contributed by atoms with Gasteiger partial charge in [-0.3, -0.25) is 4.79 Å². The Balaban J connectivity index is 1.28. The van der Waals surface area contributed by atoms with Crippen LogP contribution in [0.5, 0.6) is 5.75 Å². The van der Waals surface area contributed by atoms with Crippen LogP contribution < -0.4 is 9.64 Å². The van der Waals surface area contributed by atoms with Crippen LogP contribution in [0, 0.1) is 0 Å². The molecule has 1 aliphatic rings. The van der Waals surface area contributed by atoms with Crippen LogP contribution in [-0.4, -0.2) is 11.9 Å². The van der Waals surface area contributed by atoms with Crippen LogP contribution in [0.15, 0.2) is 97.1 Å². The molecule has 0 aliphatic heterocycles. The summed E-state index contributed by atoms with van der Waals surface area (Å²) in [5.41, 5.74) is 6.37. The third kappa shape index (κ3) is 5.95. The highest BCUT2D eigenvalue weighted by Gasteiger charge is 2.22. The summed E-state index contributed by atoms with van der Waals surface area (Å²) in [6, 6.07) is 32.2. The molecule has 1 saturated carbocycles. The Morgan fingerprint density at radius 1 is 0.895 bits per heavy atom. The number of hydrogen-bond acceptors (Lipinski definition) is 2. The van der Waals surface area contributed by atoms with E-state index in [1.54, 1.807) is 4.90 Å². The zero-order valence-electron chi connectivity index (χ0n) is 22.1. The van der Waals surface area contributed by atoms with Gasteiger partial charge in [0.1, 0.15) is 12.4 Å². The molecule has 38 heavy (non-hydrogen) atoms. The van der Waals surface area contributed by atoms with Gasteiger partial charge >= 0.3 is 0 Å². The number of carbonyl (C=O) groups excluding carboxylic acids is 1. The topological polar surface area (TPSA) is 29.5 Å². The average molecular weight is 524 g/mol. The summed E-state index contributed by atoms with van der Waals surface area (Å²) >= 11 is 6.20. The number of nitrogens with zero attached hydrogens (tertiary/aromatic N) is 1. The molecular weight excluding hydrogens is 490 g/mol. The molecule has 194 valence electrons. The Morgan fingerprint density at radius 2 is 1.63 bits per heavy atom. The predicted molar refractivity (Wildman–Crippen MR) is 157 cm³/mol. The van der Waals surface area contributed by atoms with Gasteiger partial charge in [0.2, 0.25) is 0 Å². The highest BCUT2D eigenvalue weighted by molar-refractivity contribution is 6.31. The van der Waals surface area contributed by atoms with Crippen LogP contribution >= 0.6 is 11.6 Å². The van der Waals surface area contributed by atoms with E-state index in [0.717, 1.165) is 17.0 Å². The van der Waals surface area contributed by atoms with Crippen molar-refractivity contribution in [2.75, 3.05) is 4.90 Å². The molecule has 0 N–H and O–H groups in total. The van der Waals surface area contributed by atoms with Gasteiger partial charge in [-0.2, -0.15) is 0 Å². The van der Waals surface area contributed by atoms with Crippen LogP contribution in [0.2, 0.25) is 5.02 Å². The van der Waals surface area contributed by atoms with E-state index in [1.807, 2.05) is 74.5 Å². The average Bonchev–Trinajstić information content (AvgIpc) is 3.47. The number of ether oxygens (including phenoxy) is 1. The van der Waals surface area contributed by atoms with Crippen molar-refractivity contribution in [2.45, 2.75) is 58.1 Å². The molecule has 4 heteroatoms. The molecule has 0 heterocycles. The normalized spacial score (nSPS) is 13.6. The van der Waals surface area contributed by atoms with E-state index < -0.39 is 0 Å². The van der Waals surface area contributed by atoms with Crippen LogP contribution in [0.4, 0.5) is 5.69 Å². The lowest BCUT2D eigenvalue weighted by Gasteiger charge is -2.27. The first-order chi connectivity index (χ1) is 18.5. The second-order valence-electron chi connectivity index (χ2n) is 10.3. The number of rotatable bonds is 8. The molecule has 1 fully saturated rings. The summed E-state index contributed by atoms with van der Waals surface area (Å²) in [5, 5.41) is 0.608. The highest BCUT2D eigenvalue weighted by atomic mass is 35.5. The maximum absolute atomic E-state index is 13.5. The third-order valence-corrected chi connectivity index (χ3v) is 7.56. The first-order valence-electron chi connectivity index (χ1n) is 13.5. The highest BCUT2D eigenvalue weighted by Crippen LogP contribution is 2.39. The van der Waals surface area contributed by atoms with Crippen molar-refractivity contribution in [1.82, 2.24) is 0 Å². The summed E-state index contributed by atoms with van der Waals surface area (Å²) in [6.07, 6.45) is 5.23. The zero-order valence-corrected chi connectivity index (χ0v) is 22.8. The van der Waals surface area contributed by atoms with Gasteiger partial charge in [-0.15, -0.1) is 0 Å². The predicted octanol–water partition coefficient (Wildman–Crippen LogP) is 9.30. The molecule has 1 amide bonds. The van der Waals surface area contributed by atoms with E-state index >= 15 is 0 Å². The van der Waals surface area contributed by atoms with E-state index in [2.05, 4.69) is 36.4 Å². The molecule has 0 atom stereocenters. The quantitative estimate of drug-likeness (QED) is 0.230. The molecule has 4 aromatic rings. The molecule has 0 bridgehead atoms. The Hall–Kier alpha value is -3.56. The van der Waals surface area contributed by atoms with E-state index in [1.165, 1.54) is 42.4 Å². The Morgan fingerprint density at radius 3 is 2.37 bits per heavy atom. The van der Waals surface area contributed by atoms with Crippen molar-refractivity contribution in [3.8, 4) is 16.9 Å². The fourth-order valence-electron chi connectivity index (χ4n) is 5.46. The monoisotopic (exact) mass is 523 g/mol. The second kappa shape index (κ2) is 11.9. The van der Waals surface area contributed by atoms with Crippen molar-refractivity contribution in [3.05, 3.63) is 119 Å². The molecule has 0 spiro atoms. The Kier molecular flexibility index (Phi) is 8.14. The Labute approximate surface area is 231 Å². The van der Waals surface area contributed by atoms with Gasteiger partial charge in [0.25, 0.3) is 5.91 Å². The number of amides is 1. The lowest BCUT2D eigenvalue weighted by molar-refractivity contribution is 0.0980. The third-order valence-electron chi connectivity index (χ3n) is 7.32. The van der Waals surface area contributed by atoms with Gasteiger partial charge in [-0.25, -0.2) is 0 Å². The molecular formula is C34H34ClNO2. The second-order valence-corrected chi connectivity index (χ2v) is 10.8. The van der Waals surface area contributed by atoms with E-state index in [4.69, 9.17) is 16.3 Å². The van der Waals surface area contributed by atoms with E-state index in [-0.39, 0.29) is 11.9 Å². The van der Waals surface area contributed by atoms with Gasteiger partial charge in [0, 0.05) is 22.3 Å². The van der Waals surface area contributed by atoms with Crippen LogP contribution in [0.3, 0.4) is 0 Å². The standard InChI is InChI=1S/C34H34ClNO2/c1-24(2)36(30-14-8-13-29(35)22-30)34(37)28-12-7-9-25(21-28)23-38-31-19-17-27(18-20-31)33-16-6-5-15-32(33)26-10-3-4-11-26/h5-9,12-22,24,26H,3-4,10-11,23H2,1-2H3. The van der Waals surface area contributed by atoms with Crippen molar-refractivity contribution < 1.29 is 9.53 Å². The first-order valence-corrected chi connectivity index (χ1v) is 13.9. The van der Waals surface area contributed by atoms with Gasteiger partial charge in [0.15, 0.2) is 0 Å². The number of halogens is 1. The summed E-state index contributed by atoms with van der Waals surface area (Å²) in [7, 11) is 0. The maximum Gasteiger partial charge on any atom is 0.258 e. The van der Waals surface area contributed by atoms with Crippen molar-refractivity contribution in [3.63, 3.8) is 0 Å². The largest absolute Gasteiger partial charge is 0.489 e. The molecule has 1 aliphatic carbocycles. The molecule has 4 aromatic carbocycles. The molecule has 0 unspecified atom stereocenters. The number of hydrogen-bond donors (Lipinski definition) is 0. The van der Waals surface area contributed by atoms with Gasteiger partial charge in [0.05, 0.1) is 0 Å². The molecule has 0 aromatic heterocycles. The summed E-state index contributed by atoms with van der Waals surface area (Å²) in [4.78, 5) is 15.2. The van der Waals surface area contributed by atoms with Crippen molar-refractivity contribution in [1.29, 1.82) is 0 Å². The van der Waals surface area contributed by atoms with Gasteiger partial charge in [-0.1, -0.05) is 79.0 Å². The molecule has 0 saturated heterocycles. The first kappa shape index (κ1) is 26.1. The SMILES string of the molecule is CC(C)N(C(=O)c1cccc(COc2ccc(-c3ccccc3C3CCCC3)cc2)c1)c1cccc(Cl)c1. The lowest BCUT2D eigenvalue weighted by atomic mass is 9.89.